The SMILES string of the molecule is CC(O)C1NC(=O)C(NC(=O)c2ccc(-c3cn4nc(-c5ccc(OCCCCCN6C[C@@H](C)O[C@@H](C)C6)cc5)sc4n3)cc2)CC(O)CNC(=O)C2C(O)C(C)CN2C(=O)C(C(O)CC(N)=O)NC(=O)C(C(O)Cc2ccc(O)c(OSOOO)c2)NC(=O)C2CC(O)CN2C1=O. The third-order valence-electron chi connectivity index (χ3n) is 17.3. The highest BCUT2D eigenvalue weighted by Crippen LogP contribution is 2.33. The number of nitrogens with one attached hydrogen (secondary N) is 5. The van der Waals surface area contributed by atoms with Crippen LogP contribution in [0.25, 0.3) is 26.8 Å². The molecule has 4 aliphatic rings. The van der Waals surface area contributed by atoms with E-state index < -0.39 is 177 Å². The fraction of sp³-hybridized carbons (Fsp3) is 0.524. The van der Waals surface area contributed by atoms with E-state index in [1.807, 2.05) is 24.3 Å². The molecule has 9 rings (SSSR count). The first-order chi connectivity index (χ1) is 46.7. The largest absolute Gasteiger partial charge is 0.504 e. The van der Waals surface area contributed by atoms with E-state index in [1.54, 1.807) is 22.8 Å². The molecule has 0 spiro atoms. The van der Waals surface area contributed by atoms with E-state index in [-0.39, 0.29) is 41.4 Å². The van der Waals surface area contributed by atoms with Crippen LogP contribution in [0.4, 0.5) is 0 Å². The van der Waals surface area contributed by atoms with E-state index >= 15 is 0 Å². The van der Waals surface area contributed by atoms with Gasteiger partial charge < -0.3 is 91.5 Å². The Labute approximate surface area is 570 Å². The number of phenols is 1. The molecular weight excluding hydrogens is 1320 g/mol. The van der Waals surface area contributed by atoms with Gasteiger partial charge in [0.2, 0.25) is 46.3 Å². The Kier molecular flexibility index (Phi) is 25.4. The van der Waals surface area contributed by atoms with Gasteiger partial charge >= 0.3 is 0 Å². The molecule has 15 atom stereocenters. The zero-order chi connectivity index (χ0) is 70.6. The van der Waals surface area contributed by atoms with Crippen LogP contribution in [-0.2, 0) is 54.1 Å². The van der Waals surface area contributed by atoms with Crippen molar-refractivity contribution in [3.8, 4) is 39.1 Å². The summed E-state index contributed by atoms with van der Waals surface area (Å²) in [5, 5.41) is 108. The predicted octanol–water partition coefficient (Wildman–Crippen LogP) is -1.32. The van der Waals surface area contributed by atoms with Gasteiger partial charge in [0, 0.05) is 74.6 Å². The van der Waals surface area contributed by atoms with Crippen LogP contribution in [0.3, 0.4) is 0 Å². The molecule has 4 saturated heterocycles. The molecule has 33 nitrogen and oxygen atoms in total. The number of amides is 8. The van der Waals surface area contributed by atoms with E-state index in [1.165, 1.54) is 36.5 Å². The summed E-state index contributed by atoms with van der Waals surface area (Å²) in [5.74, 6) is -10.4. The molecule has 13 unspecified atom stereocenters. The topological polar surface area (TPSA) is 471 Å². The number of hydrogen-bond donors (Lipinski definition) is 14. The number of imidazole rings is 1. The lowest BCUT2D eigenvalue weighted by molar-refractivity contribution is -0.433. The molecule has 0 aliphatic carbocycles. The lowest BCUT2D eigenvalue weighted by atomic mass is 9.98. The number of fused-ring (bicyclic) bond motifs is 3. The van der Waals surface area contributed by atoms with Gasteiger partial charge in [0.1, 0.15) is 47.0 Å². The summed E-state index contributed by atoms with van der Waals surface area (Å²) in [6.07, 6.45) is -8.38. The minimum absolute atomic E-state index is 0.00217. The minimum atomic E-state index is -2.22. The monoisotopic (exact) mass is 1410 g/mol. The van der Waals surface area contributed by atoms with E-state index in [9.17, 15) is 74.1 Å². The maximum atomic E-state index is 14.7. The Morgan fingerprint density at radius 2 is 1.47 bits per heavy atom. The number of rotatable bonds is 22. The van der Waals surface area contributed by atoms with Crippen LogP contribution >= 0.6 is 23.7 Å². The van der Waals surface area contributed by atoms with Crippen molar-refractivity contribution in [2.45, 2.75) is 158 Å². The van der Waals surface area contributed by atoms with Crippen LogP contribution in [-0.4, -0.2) is 249 Å². The summed E-state index contributed by atoms with van der Waals surface area (Å²) < 4.78 is 22.8. The number of aliphatic hydroxyl groups excluding tert-OH is 6. The molecule has 0 saturated carbocycles. The minimum Gasteiger partial charge on any atom is -0.504 e. The highest BCUT2D eigenvalue weighted by Gasteiger charge is 2.50. The van der Waals surface area contributed by atoms with Gasteiger partial charge in [-0.25, -0.2) is 14.8 Å². The fourth-order valence-electron chi connectivity index (χ4n) is 12.4. The van der Waals surface area contributed by atoms with Crippen LogP contribution in [0, 0.1) is 5.92 Å². The number of β-amino-alcohol motifs (C(OH)–C–C–N with tert-alkyl or cyclic N) is 1. The van der Waals surface area contributed by atoms with Gasteiger partial charge in [0.05, 0.1) is 73.8 Å². The van der Waals surface area contributed by atoms with Crippen molar-refractivity contribution in [2.75, 3.05) is 45.9 Å². The molecule has 35 heteroatoms. The van der Waals surface area contributed by atoms with Crippen molar-refractivity contribution in [1.82, 2.24) is 55.9 Å². The zero-order valence-electron chi connectivity index (χ0n) is 54.0. The van der Waals surface area contributed by atoms with E-state index in [0.717, 1.165) is 79.1 Å². The Balaban J connectivity index is 0.925. The number of carbonyl (C=O) groups is 8. The average molecular weight is 1410 g/mol. The lowest BCUT2D eigenvalue weighted by Crippen LogP contribution is -2.64. The molecule has 0 radical (unpaired) electrons. The quantitative estimate of drug-likeness (QED) is 0.0165. The molecule has 5 aromatic rings. The average Bonchev–Trinajstić information content (AvgIpc) is 1.62. The van der Waals surface area contributed by atoms with Gasteiger partial charge in [-0.2, -0.15) is 5.10 Å². The van der Waals surface area contributed by atoms with Crippen molar-refractivity contribution in [3.63, 3.8) is 0 Å². The Morgan fingerprint density at radius 3 is 2.15 bits per heavy atom. The third kappa shape index (κ3) is 18.8. The molecule has 98 heavy (non-hydrogen) atoms. The number of aliphatic hydroxyl groups is 6. The maximum absolute atomic E-state index is 14.7. The van der Waals surface area contributed by atoms with Gasteiger partial charge in [-0.05, 0) is 101 Å². The van der Waals surface area contributed by atoms with Gasteiger partial charge in [0.25, 0.3) is 18.2 Å². The number of ether oxygens (including phenoxy) is 2. The highest BCUT2D eigenvalue weighted by atomic mass is 32.2. The molecule has 6 heterocycles. The number of primary amides is 1. The van der Waals surface area contributed by atoms with Crippen LogP contribution < -0.4 is 41.2 Å². The summed E-state index contributed by atoms with van der Waals surface area (Å²) in [7, 11) is 0. The summed E-state index contributed by atoms with van der Waals surface area (Å²) in [4.78, 5) is 123. The summed E-state index contributed by atoms with van der Waals surface area (Å²) in [6, 6.07) is 5.55. The fourth-order valence-corrected chi connectivity index (χ4v) is 13.5. The van der Waals surface area contributed by atoms with Crippen molar-refractivity contribution in [2.24, 2.45) is 11.7 Å². The molecule has 4 fully saturated rings. The second-order valence-corrected chi connectivity index (χ2v) is 26.4. The number of aromatic hydroxyl groups is 1. The molecule has 3 aromatic carbocycles. The maximum Gasteiger partial charge on any atom is 0.261 e. The van der Waals surface area contributed by atoms with Crippen molar-refractivity contribution in [1.29, 1.82) is 0 Å². The van der Waals surface area contributed by atoms with E-state index in [2.05, 4.69) is 54.7 Å². The van der Waals surface area contributed by atoms with Crippen LogP contribution in [0.1, 0.15) is 82.1 Å². The predicted molar refractivity (Wildman–Crippen MR) is 347 cm³/mol. The molecule has 15 N–H and O–H groups in total. The third-order valence-corrected chi connectivity index (χ3v) is 18.6. The van der Waals surface area contributed by atoms with Gasteiger partial charge in [0.15, 0.2) is 11.5 Å². The second kappa shape index (κ2) is 33.6. The molecule has 532 valence electrons. The van der Waals surface area contributed by atoms with Crippen LogP contribution in [0.2, 0.25) is 0 Å². The summed E-state index contributed by atoms with van der Waals surface area (Å²) >= 11 is 1.41. The number of morpholine rings is 1. The number of unbranched alkanes of at least 4 members (excludes halogenated alkanes) is 2. The molecular formula is C63H82N12O21S2. The van der Waals surface area contributed by atoms with Crippen molar-refractivity contribution in [3.05, 3.63) is 84.1 Å². The number of carbonyl (C=O) groups excluding carboxylic acids is 8. The Bertz CT molecular complexity index is 3580. The van der Waals surface area contributed by atoms with E-state index in [0.29, 0.717) is 27.8 Å². The highest BCUT2D eigenvalue weighted by molar-refractivity contribution is 7.90. The van der Waals surface area contributed by atoms with E-state index in [4.69, 9.17) is 34.7 Å². The number of hydrogen-bond acceptors (Lipinski definition) is 26. The smallest absolute Gasteiger partial charge is 0.261 e. The molecule has 4 aliphatic heterocycles. The van der Waals surface area contributed by atoms with Gasteiger partial charge in [-0.1, -0.05) is 45.8 Å². The molecule has 0 bridgehead atoms. The standard InChI is InChI=1S/C63H82N12O21S2/c1-31-26-74-53(54(31)83)59(88)65-25-39(77)22-42(66-55(84)37-11-9-36(10-12-37)43-30-75-63(67-43)97-60(71-75)38-13-15-41(16-14-38)92-19-7-5-6-18-72-27-32(2)93-33(3)28-72)56(85)68-50(34(4)76)61(89)73-29-40(78)23-44(73)57(86)69-51(58(87)70-52(62(74)90)47(81)24-49(64)82)46(80)20-35-8-17-45(79)48(21-35)94-98-96-95-91/h8-17,21,30-34,39-40,42,44,46-47,50-54,76-81,83,91H,5-7,18-20,22-29H2,1-4H3,(H2,64,82)(H,65,88)(H,66,84)(H,68,85)(H,69,86)(H,70,87)/t31?,32-,33+,34?,39?,40?,42?,44?,46?,47?,50?,51?,52?,53?,54?. The number of nitrogens with two attached hydrogens (primary N) is 1. The van der Waals surface area contributed by atoms with Crippen LogP contribution in [0.15, 0.2) is 72.9 Å². The van der Waals surface area contributed by atoms with Crippen molar-refractivity contribution >= 4 is 75.9 Å². The Hall–Kier alpha value is -8.17. The zero-order valence-corrected chi connectivity index (χ0v) is 55.6. The first-order valence-electron chi connectivity index (χ1n) is 31.9. The Morgan fingerprint density at radius 1 is 0.786 bits per heavy atom. The van der Waals surface area contributed by atoms with Gasteiger partial charge in [-0.15, -0.1) is 0 Å². The number of aromatic nitrogens is 3. The van der Waals surface area contributed by atoms with Crippen molar-refractivity contribution < 1.29 is 102 Å². The molecule has 8 amide bonds. The summed E-state index contributed by atoms with van der Waals surface area (Å²) in [6.45, 7) is 8.61. The normalized spacial score (nSPS) is 26.6. The first-order valence-corrected chi connectivity index (χ1v) is 33.4. The first kappa shape index (κ1) is 74.1. The number of nitrogens with zero attached hydrogens (tertiary/aromatic N) is 6. The van der Waals surface area contributed by atoms with Crippen LogP contribution in [0.5, 0.6) is 17.2 Å². The molecule has 2 aromatic heterocycles. The lowest BCUT2D eigenvalue weighted by Gasteiger charge is -2.35. The summed E-state index contributed by atoms with van der Waals surface area (Å²) in [5.41, 5.74) is 7.47. The number of benzene rings is 3. The number of phenolic OH excluding ortho intramolecular Hbond substituents is 1. The second-order valence-electron chi connectivity index (χ2n) is 25.1. The van der Waals surface area contributed by atoms with Gasteiger partial charge in [-0.3, -0.25) is 43.3 Å².